The summed E-state index contributed by atoms with van der Waals surface area (Å²) in [5.41, 5.74) is 0.182. The molecule has 4 nitrogen and oxygen atoms in total. The zero-order chi connectivity index (χ0) is 14.6. The zero-order valence-corrected chi connectivity index (χ0v) is 11.8. The maximum absolute atomic E-state index is 13.9. The van der Waals surface area contributed by atoms with E-state index in [-0.39, 0.29) is 5.41 Å². The maximum Gasteiger partial charge on any atom is 0.305 e. The molecule has 0 saturated heterocycles. The number of rotatable bonds is 5. The molecule has 1 aliphatic rings. The quantitative estimate of drug-likeness (QED) is 0.659. The minimum absolute atomic E-state index is 0.273. The van der Waals surface area contributed by atoms with Crippen LogP contribution in [0.15, 0.2) is 18.2 Å². The lowest BCUT2D eigenvalue weighted by Gasteiger charge is -2.33. The van der Waals surface area contributed by atoms with E-state index >= 15 is 0 Å². The lowest BCUT2D eigenvalue weighted by atomic mass is 9.76. The van der Waals surface area contributed by atoms with Gasteiger partial charge in [0.25, 0.3) is 0 Å². The fourth-order valence-electron chi connectivity index (χ4n) is 2.92. The molecule has 0 amide bonds. The summed E-state index contributed by atoms with van der Waals surface area (Å²) < 4.78 is 13.9. The molecule has 1 N–H and O–H groups in total. The predicted molar refractivity (Wildman–Crippen MR) is 76.0 cm³/mol. The third-order valence-electron chi connectivity index (χ3n) is 4.18. The molecule has 20 heavy (non-hydrogen) atoms. The molecule has 0 atom stereocenters. The Balaban J connectivity index is 1.94. The van der Waals surface area contributed by atoms with E-state index in [1.165, 1.54) is 44.2 Å². The van der Waals surface area contributed by atoms with Crippen LogP contribution >= 0.6 is 0 Å². The maximum atomic E-state index is 13.9. The molecular formula is C15H21FN2O2. The SMILES string of the molecule is CC1(CNCc2cccc([N+](=O)[O-])c2F)CCCCC1. The van der Waals surface area contributed by atoms with Crippen LogP contribution in [-0.4, -0.2) is 11.5 Å². The molecule has 5 heteroatoms. The molecular weight excluding hydrogens is 259 g/mol. The van der Waals surface area contributed by atoms with Crippen molar-refractivity contribution in [2.45, 2.75) is 45.6 Å². The van der Waals surface area contributed by atoms with Crippen molar-refractivity contribution in [3.8, 4) is 0 Å². The van der Waals surface area contributed by atoms with Crippen LogP contribution in [0.1, 0.15) is 44.6 Å². The number of hydrogen-bond donors (Lipinski definition) is 1. The van der Waals surface area contributed by atoms with E-state index in [4.69, 9.17) is 0 Å². The van der Waals surface area contributed by atoms with E-state index in [2.05, 4.69) is 12.2 Å². The largest absolute Gasteiger partial charge is 0.312 e. The highest BCUT2D eigenvalue weighted by atomic mass is 19.1. The number of nitrogens with one attached hydrogen (secondary N) is 1. The Morgan fingerprint density at radius 1 is 1.35 bits per heavy atom. The van der Waals surface area contributed by atoms with Crippen LogP contribution in [0.4, 0.5) is 10.1 Å². The average Bonchev–Trinajstić information content (AvgIpc) is 2.41. The van der Waals surface area contributed by atoms with E-state index in [1.54, 1.807) is 6.07 Å². The van der Waals surface area contributed by atoms with Gasteiger partial charge in [0, 0.05) is 24.7 Å². The highest BCUT2D eigenvalue weighted by Gasteiger charge is 2.26. The molecule has 0 spiro atoms. The highest BCUT2D eigenvalue weighted by molar-refractivity contribution is 5.36. The molecule has 0 aliphatic heterocycles. The number of nitro benzene ring substituents is 1. The monoisotopic (exact) mass is 280 g/mol. The molecule has 1 aliphatic carbocycles. The summed E-state index contributed by atoms with van der Waals surface area (Å²) in [5, 5.41) is 13.9. The Hall–Kier alpha value is -1.49. The lowest BCUT2D eigenvalue weighted by Crippen LogP contribution is -2.33. The van der Waals surface area contributed by atoms with Gasteiger partial charge in [-0.2, -0.15) is 4.39 Å². The van der Waals surface area contributed by atoms with Gasteiger partial charge in [0.15, 0.2) is 0 Å². The highest BCUT2D eigenvalue weighted by Crippen LogP contribution is 2.35. The second-order valence-corrected chi connectivity index (χ2v) is 5.98. The fourth-order valence-corrected chi connectivity index (χ4v) is 2.92. The van der Waals surface area contributed by atoms with Crippen molar-refractivity contribution in [3.63, 3.8) is 0 Å². The summed E-state index contributed by atoms with van der Waals surface area (Å²) in [4.78, 5) is 10.0. The van der Waals surface area contributed by atoms with E-state index in [0.717, 1.165) is 6.54 Å². The molecule has 1 fully saturated rings. The minimum atomic E-state index is -0.723. The molecule has 0 unspecified atom stereocenters. The standard InChI is InChI=1S/C15H21FN2O2/c1-15(8-3-2-4-9-15)11-17-10-12-6-5-7-13(14(12)16)18(19)20/h5-7,17H,2-4,8-11H2,1H3. The van der Waals surface area contributed by atoms with E-state index in [9.17, 15) is 14.5 Å². The normalized spacial score (nSPS) is 17.9. The second-order valence-electron chi connectivity index (χ2n) is 5.98. The third-order valence-corrected chi connectivity index (χ3v) is 4.18. The van der Waals surface area contributed by atoms with E-state index < -0.39 is 16.4 Å². The lowest BCUT2D eigenvalue weighted by molar-refractivity contribution is -0.387. The number of hydrogen-bond acceptors (Lipinski definition) is 3. The summed E-state index contributed by atoms with van der Waals surface area (Å²) >= 11 is 0. The molecule has 0 bridgehead atoms. The smallest absolute Gasteiger partial charge is 0.305 e. The summed E-state index contributed by atoms with van der Waals surface area (Å²) in [6.07, 6.45) is 6.19. The van der Waals surface area contributed by atoms with Gasteiger partial charge in [0.05, 0.1) is 4.92 Å². The van der Waals surface area contributed by atoms with E-state index in [0.29, 0.717) is 12.1 Å². The summed E-state index contributed by atoms with van der Waals surface area (Å²) in [6.45, 7) is 3.42. The van der Waals surface area contributed by atoms with Crippen molar-refractivity contribution < 1.29 is 9.31 Å². The van der Waals surface area contributed by atoms with Crippen LogP contribution < -0.4 is 5.32 Å². The van der Waals surface area contributed by atoms with Gasteiger partial charge in [-0.25, -0.2) is 0 Å². The van der Waals surface area contributed by atoms with Gasteiger partial charge < -0.3 is 5.32 Å². The van der Waals surface area contributed by atoms with E-state index in [1.807, 2.05) is 0 Å². The molecule has 0 heterocycles. The molecule has 1 aromatic carbocycles. The van der Waals surface area contributed by atoms with Crippen LogP contribution in [0.2, 0.25) is 0 Å². The van der Waals surface area contributed by atoms with Crippen LogP contribution in [0.3, 0.4) is 0 Å². The number of nitro groups is 1. The first-order chi connectivity index (χ1) is 9.52. The first-order valence-electron chi connectivity index (χ1n) is 7.14. The second kappa shape index (κ2) is 6.31. The van der Waals surface area contributed by atoms with Crippen molar-refractivity contribution in [2.24, 2.45) is 5.41 Å². The van der Waals surface area contributed by atoms with Crippen LogP contribution in [-0.2, 0) is 6.54 Å². The van der Waals surface area contributed by atoms with Gasteiger partial charge in [0.2, 0.25) is 5.82 Å². The predicted octanol–water partition coefficient (Wildman–Crippen LogP) is 3.79. The summed E-state index contributed by atoms with van der Waals surface area (Å²) in [6, 6.07) is 4.32. The number of nitrogens with zero attached hydrogens (tertiary/aromatic N) is 1. The van der Waals surface area contributed by atoms with Gasteiger partial charge in [0.1, 0.15) is 0 Å². The van der Waals surface area contributed by atoms with Gasteiger partial charge in [-0.3, -0.25) is 10.1 Å². The summed E-state index contributed by atoms with van der Waals surface area (Å²) in [7, 11) is 0. The van der Waals surface area contributed by atoms with Gasteiger partial charge in [-0.1, -0.05) is 38.3 Å². The van der Waals surface area contributed by atoms with Crippen molar-refractivity contribution in [1.29, 1.82) is 0 Å². The van der Waals surface area contributed by atoms with Crippen LogP contribution in [0.25, 0.3) is 0 Å². The van der Waals surface area contributed by atoms with Crippen LogP contribution in [0.5, 0.6) is 0 Å². The van der Waals surface area contributed by atoms with Crippen LogP contribution in [0, 0.1) is 21.3 Å². The molecule has 0 aromatic heterocycles. The van der Waals surface area contributed by atoms with Crippen molar-refractivity contribution in [2.75, 3.05) is 6.54 Å². The van der Waals surface area contributed by atoms with Crippen molar-refractivity contribution in [3.05, 3.63) is 39.7 Å². The first-order valence-corrected chi connectivity index (χ1v) is 7.14. The number of benzene rings is 1. The van der Waals surface area contributed by atoms with Crippen molar-refractivity contribution in [1.82, 2.24) is 5.32 Å². The Morgan fingerprint density at radius 3 is 2.70 bits per heavy atom. The first kappa shape index (κ1) is 14.9. The molecule has 2 rings (SSSR count). The topological polar surface area (TPSA) is 55.2 Å². The van der Waals surface area contributed by atoms with Gasteiger partial charge in [-0.05, 0) is 18.3 Å². The third kappa shape index (κ3) is 3.54. The molecule has 1 saturated carbocycles. The Labute approximate surface area is 118 Å². The fraction of sp³-hybridized carbons (Fsp3) is 0.600. The Kier molecular flexibility index (Phi) is 4.70. The Morgan fingerprint density at radius 2 is 2.05 bits per heavy atom. The van der Waals surface area contributed by atoms with Gasteiger partial charge >= 0.3 is 5.69 Å². The summed E-state index contributed by atoms with van der Waals surface area (Å²) in [5.74, 6) is -0.723. The average molecular weight is 280 g/mol. The molecule has 1 aromatic rings. The minimum Gasteiger partial charge on any atom is -0.312 e. The molecule has 110 valence electrons. The van der Waals surface area contributed by atoms with Gasteiger partial charge in [-0.15, -0.1) is 0 Å². The molecule has 0 radical (unpaired) electrons. The van der Waals surface area contributed by atoms with Crippen molar-refractivity contribution >= 4 is 5.69 Å². The number of halogens is 1. The zero-order valence-electron chi connectivity index (χ0n) is 11.8. The Bertz CT molecular complexity index is 485.